The molecule has 20 heavy (non-hydrogen) atoms. The highest BCUT2D eigenvalue weighted by atomic mass is 16.2. The Balaban J connectivity index is 2.62. The Kier molecular flexibility index (Phi) is 7.52. The van der Waals surface area contributed by atoms with Crippen molar-refractivity contribution in [1.82, 2.24) is 9.80 Å². The van der Waals surface area contributed by atoms with Crippen LogP contribution in [0.4, 0.5) is 0 Å². The third-order valence-electron chi connectivity index (χ3n) is 4.30. The lowest BCUT2D eigenvalue weighted by Gasteiger charge is -2.31. The van der Waals surface area contributed by atoms with E-state index in [0.29, 0.717) is 36.8 Å². The summed E-state index contributed by atoms with van der Waals surface area (Å²) in [5, 5.41) is 0. The minimum atomic E-state index is 0.309. The van der Waals surface area contributed by atoms with E-state index in [4.69, 9.17) is 5.73 Å². The highest BCUT2D eigenvalue weighted by Gasteiger charge is 2.27. The summed E-state index contributed by atoms with van der Waals surface area (Å²) in [5.74, 6) is 1.25. The van der Waals surface area contributed by atoms with Crippen LogP contribution < -0.4 is 5.73 Å². The molecule has 0 aromatic carbocycles. The first-order valence-electron chi connectivity index (χ1n) is 8.15. The molecule has 0 bridgehead atoms. The van der Waals surface area contributed by atoms with Crippen LogP contribution in [0.3, 0.4) is 0 Å². The first kappa shape index (κ1) is 17.4. The third-order valence-corrected chi connectivity index (χ3v) is 4.30. The van der Waals surface area contributed by atoms with E-state index in [1.807, 2.05) is 0 Å². The van der Waals surface area contributed by atoms with Crippen LogP contribution in [0, 0.1) is 11.8 Å². The summed E-state index contributed by atoms with van der Waals surface area (Å²) in [6.07, 6.45) is 3.78. The Bertz CT molecular complexity index is 293. The fourth-order valence-electron chi connectivity index (χ4n) is 3.21. The van der Waals surface area contributed by atoms with E-state index >= 15 is 0 Å². The first-order valence-corrected chi connectivity index (χ1v) is 8.15. The molecule has 1 fully saturated rings. The minimum Gasteiger partial charge on any atom is -0.338 e. The molecule has 1 heterocycles. The predicted molar refractivity (Wildman–Crippen MR) is 84.5 cm³/mol. The Hall–Kier alpha value is -0.610. The quantitative estimate of drug-likeness (QED) is 0.810. The summed E-state index contributed by atoms with van der Waals surface area (Å²) in [4.78, 5) is 17.1. The van der Waals surface area contributed by atoms with Gasteiger partial charge in [0.25, 0.3) is 0 Å². The van der Waals surface area contributed by atoms with Crippen molar-refractivity contribution < 1.29 is 4.79 Å². The van der Waals surface area contributed by atoms with Gasteiger partial charge in [-0.2, -0.15) is 0 Å². The maximum atomic E-state index is 12.6. The van der Waals surface area contributed by atoms with Crippen LogP contribution in [-0.2, 0) is 4.79 Å². The van der Waals surface area contributed by atoms with Crippen molar-refractivity contribution in [3.8, 4) is 0 Å². The van der Waals surface area contributed by atoms with Gasteiger partial charge in [-0.05, 0) is 51.2 Å². The van der Waals surface area contributed by atoms with Gasteiger partial charge in [-0.25, -0.2) is 0 Å². The first-order chi connectivity index (χ1) is 9.47. The number of likely N-dealkylation sites (N-methyl/N-ethyl adjacent to an activating group) is 1. The van der Waals surface area contributed by atoms with Crippen LogP contribution in [0.2, 0.25) is 0 Å². The molecule has 4 heteroatoms. The molecule has 0 saturated carbocycles. The number of amides is 1. The zero-order valence-corrected chi connectivity index (χ0v) is 13.8. The molecule has 0 aliphatic carbocycles. The summed E-state index contributed by atoms with van der Waals surface area (Å²) in [7, 11) is 2.15. The fourth-order valence-corrected chi connectivity index (χ4v) is 3.21. The van der Waals surface area contributed by atoms with E-state index in [1.54, 1.807) is 0 Å². The Labute approximate surface area is 124 Å². The molecule has 2 atom stereocenters. The molecule has 0 spiro atoms. The molecule has 0 radical (unpaired) electrons. The van der Waals surface area contributed by atoms with Crippen molar-refractivity contribution in [3.63, 3.8) is 0 Å². The summed E-state index contributed by atoms with van der Waals surface area (Å²) in [6.45, 7) is 10.2. The molecule has 2 N–H and O–H groups in total. The smallest absolute Gasteiger partial charge is 0.223 e. The Morgan fingerprint density at radius 3 is 2.60 bits per heavy atom. The number of hydrogen-bond acceptors (Lipinski definition) is 3. The van der Waals surface area contributed by atoms with Gasteiger partial charge in [-0.15, -0.1) is 0 Å². The predicted octanol–water partition coefficient (Wildman–Crippen LogP) is 1.94. The fraction of sp³-hybridized carbons (Fsp3) is 0.938. The standard InChI is InChI=1S/C16H33N3O/c1-5-15-12-18(4)7-6-8-19(15)16(20)10-14(11-17)9-13(2)3/h13-15H,5-12,17H2,1-4H3/t14-,15?/m0/s1. The largest absolute Gasteiger partial charge is 0.338 e. The maximum absolute atomic E-state index is 12.6. The number of hydrogen-bond donors (Lipinski definition) is 1. The van der Waals surface area contributed by atoms with Crippen LogP contribution in [-0.4, -0.2) is 55.0 Å². The topological polar surface area (TPSA) is 49.6 Å². The average Bonchev–Trinajstić information content (AvgIpc) is 2.58. The summed E-state index contributed by atoms with van der Waals surface area (Å²) in [6, 6.07) is 0.368. The van der Waals surface area contributed by atoms with Gasteiger partial charge in [0.05, 0.1) is 0 Å². The normalized spacial score (nSPS) is 22.9. The van der Waals surface area contributed by atoms with E-state index in [-0.39, 0.29) is 0 Å². The zero-order chi connectivity index (χ0) is 15.1. The zero-order valence-electron chi connectivity index (χ0n) is 13.8. The second kappa shape index (κ2) is 8.63. The Morgan fingerprint density at radius 2 is 2.05 bits per heavy atom. The monoisotopic (exact) mass is 283 g/mol. The molecule has 4 nitrogen and oxygen atoms in total. The molecular weight excluding hydrogens is 250 g/mol. The number of carbonyl (C=O) groups excluding carboxylic acids is 1. The van der Waals surface area contributed by atoms with Gasteiger partial charge in [0.15, 0.2) is 0 Å². The van der Waals surface area contributed by atoms with Crippen LogP contribution in [0.5, 0.6) is 0 Å². The van der Waals surface area contributed by atoms with Gasteiger partial charge in [0.1, 0.15) is 0 Å². The number of nitrogens with two attached hydrogens (primary N) is 1. The lowest BCUT2D eigenvalue weighted by atomic mass is 9.93. The van der Waals surface area contributed by atoms with Crippen molar-refractivity contribution in [1.29, 1.82) is 0 Å². The van der Waals surface area contributed by atoms with Crippen molar-refractivity contribution in [2.24, 2.45) is 17.6 Å². The van der Waals surface area contributed by atoms with Gasteiger partial charge in [-0.1, -0.05) is 20.8 Å². The lowest BCUT2D eigenvalue weighted by molar-refractivity contribution is -0.134. The second-order valence-corrected chi connectivity index (χ2v) is 6.70. The molecule has 1 amide bonds. The van der Waals surface area contributed by atoms with Crippen molar-refractivity contribution in [2.75, 3.05) is 33.2 Å². The molecule has 0 aromatic rings. The molecule has 1 rings (SSSR count). The van der Waals surface area contributed by atoms with Gasteiger partial charge in [-0.3, -0.25) is 4.79 Å². The van der Waals surface area contributed by atoms with E-state index in [2.05, 4.69) is 37.6 Å². The Morgan fingerprint density at radius 1 is 1.35 bits per heavy atom. The number of rotatable bonds is 6. The summed E-state index contributed by atoms with van der Waals surface area (Å²) >= 11 is 0. The van der Waals surface area contributed by atoms with Crippen LogP contribution in [0.15, 0.2) is 0 Å². The van der Waals surface area contributed by atoms with Crippen LogP contribution >= 0.6 is 0 Å². The molecule has 1 aliphatic heterocycles. The molecule has 0 aromatic heterocycles. The second-order valence-electron chi connectivity index (χ2n) is 6.70. The number of nitrogens with zero attached hydrogens (tertiary/aromatic N) is 2. The van der Waals surface area contributed by atoms with Gasteiger partial charge >= 0.3 is 0 Å². The third kappa shape index (κ3) is 5.41. The van der Waals surface area contributed by atoms with Gasteiger partial charge in [0.2, 0.25) is 5.91 Å². The molecule has 1 aliphatic rings. The van der Waals surface area contributed by atoms with Crippen molar-refractivity contribution in [3.05, 3.63) is 0 Å². The van der Waals surface area contributed by atoms with Crippen LogP contribution in [0.25, 0.3) is 0 Å². The number of carbonyl (C=O) groups is 1. The summed E-state index contributed by atoms with van der Waals surface area (Å²) in [5.41, 5.74) is 5.84. The van der Waals surface area contributed by atoms with E-state index in [1.165, 1.54) is 0 Å². The molecular formula is C16H33N3O. The van der Waals surface area contributed by atoms with Crippen molar-refractivity contribution in [2.45, 2.75) is 52.5 Å². The maximum Gasteiger partial charge on any atom is 0.223 e. The lowest BCUT2D eigenvalue weighted by Crippen LogP contribution is -2.44. The van der Waals surface area contributed by atoms with Crippen LogP contribution in [0.1, 0.15) is 46.5 Å². The SMILES string of the molecule is CCC1CN(C)CCCN1C(=O)C[C@@H](CN)CC(C)C. The molecule has 1 unspecified atom stereocenters. The summed E-state index contributed by atoms with van der Waals surface area (Å²) < 4.78 is 0. The van der Waals surface area contributed by atoms with E-state index < -0.39 is 0 Å². The van der Waals surface area contributed by atoms with Gasteiger partial charge in [0, 0.05) is 25.6 Å². The van der Waals surface area contributed by atoms with Gasteiger partial charge < -0.3 is 15.5 Å². The highest BCUT2D eigenvalue weighted by Crippen LogP contribution is 2.19. The highest BCUT2D eigenvalue weighted by molar-refractivity contribution is 5.77. The van der Waals surface area contributed by atoms with E-state index in [0.717, 1.165) is 38.9 Å². The van der Waals surface area contributed by atoms with Crippen molar-refractivity contribution >= 4 is 5.91 Å². The minimum absolute atomic E-state index is 0.309. The molecule has 118 valence electrons. The average molecular weight is 283 g/mol. The van der Waals surface area contributed by atoms with E-state index in [9.17, 15) is 4.79 Å². The molecule has 1 saturated heterocycles.